The van der Waals surface area contributed by atoms with E-state index < -0.39 is 0 Å². The van der Waals surface area contributed by atoms with E-state index in [-0.39, 0.29) is 12.3 Å². The van der Waals surface area contributed by atoms with Gasteiger partial charge in [0.2, 0.25) is 5.91 Å². The molecular formula is C20H19N3O3S. The van der Waals surface area contributed by atoms with Crippen LogP contribution in [0, 0.1) is 0 Å². The summed E-state index contributed by atoms with van der Waals surface area (Å²) in [5.74, 6) is 1.06. The Kier molecular flexibility index (Phi) is 6.17. The molecule has 0 saturated heterocycles. The molecule has 0 aliphatic rings. The van der Waals surface area contributed by atoms with Crippen molar-refractivity contribution in [2.24, 2.45) is 5.10 Å². The summed E-state index contributed by atoms with van der Waals surface area (Å²) in [4.78, 5) is 16.6. The van der Waals surface area contributed by atoms with Gasteiger partial charge in [-0.05, 0) is 12.1 Å². The van der Waals surface area contributed by atoms with Gasteiger partial charge in [0.05, 0.1) is 32.5 Å². The van der Waals surface area contributed by atoms with Crippen LogP contribution in [0.25, 0.3) is 10.6 Å². The fourth-order valence-electron chi connectivity index (χ4n) is 2.40. The van der Waals surface area contributed by atoms with Gasteiger partial charge in [0.15, 0.2) is 0 Å². The first-order valence-corrected chi connectivity index (χ1v) is 9.11. The third kappa shape index (κ3) is 4.92. The second kappa shape index (κ2) is 8.95. The van der Waals surface area contributed by atoms with Gasteiger partial charge in [-0.2, -0.15) is 5.10 Å². The van der Waals surface area contributed by atoms with Crippen LogP contribution in [-0.2, 0) is 11.2 Å². The van der Waals surface area contributed by atoms with Crippen molar-refractivity contribution in [3.8, 4) is 22.1 Å². The van der Waals surface area contributed by atoms with E-state index in [1.807, 2.05) is 35.7 Å². The largest absolute Gasteiger partial charge is 0.497 e. The molecule has 2 aromatic carbocycles. The average Bonchev–Trinajstić information content (AvgIpc) is 3.17. The molecule has 0 aliphatic heterocycles. The number of thiazole rings is 1. The number of benzene rings is 2. The number of methoxy groups -OCH3 is 2. The molecule has 1 N–H and O–H groups in total. The Morgan fingerprint density at radius 3 is 2.74 bits per heavy atom. The quantitative estimate of drug-likeness (QED) is 0.502. The second-order valence-electron chi connectivity index (χ2n) is 5.59. The average molecular weight is 381 g/mol. The number of ether oxygens (including phenoxy) is 2. The van der Waals surface area contributed by atoms with Crippen LogP contribution in [-0.4, -0.2) is 31.3 Å². The maximum atomic E-state index is 12.1. The van der Waals surface area contributed by atoms with Gasteiger partial charge in [0.25, 0.3) is 0 Å². The number of carbonyl (C=O) groups excluding carboxylic acids is 1. The number of hydrazone groups is 1. The third-order valence-corrected chi connectivity index (χ3v) is 4.69. The summed E-state index contributed by atoms with van der Waals surface area (Å²) in [6.45, 7) is 0. The number of aromatic nitrogens is 1. The standard InChI is InChI=1S/C20H19N3O3S/c1-25-17-9-8-15(18(11-17)26-2)12-21-23-19(24)10-16-13-27-20(22-16)14-6-4-3-5-7-14/h3-9,11-13H,10H2,1-2H3,(H,23,24)/b21-12+. The van der Waals surface area contributed by atoms with Crippen molar-refractivity contribution in [3.05, 3.63) is 65.2 Å². The van der Waals surface area contributed by atoms with Gasteiger partial charge in [0.1, 0.15) is 16.5 Å². The van der Waals surface area contributed by atoms with E-state index in [2.05, 4.69) is 15.5 Å². The molecule has 0 fully saturated rings. The SMILES string of the molecule is COc1ccc(/C=N/NC(=O)Cc2csc(-c3ccccc3)n2)c(OC)c1. The summed E-state index contributed by atoms with van der Waals surface area (Å²) >= 11 is 1.52. The zero-order valence-corrected chi connectivity index (χ0v) is 15.8. The summed E-state index contributed by atoms with van der Waals surface area (Å²) < 4.78 is 10.4. The van der Waals surface area contributed by atoms with Gasteiger partial charge in [-0.1, -0.05) is 30.3 Å². The maximum absolute atomic E-state index is 12.1. The minimum Gasteiger partial charge on any atom is -0.497 e. The summed E-state index contributed by atoms with van der Waals surface area (Å²) in [6, 6.07) is 15.2. The molecule has 1 amide bonds. The zero-order valence-electron chi connectivity index (χ0n) is 15.0. The molecule has 0 unspecified atom stereocenters. The Balaban J connectivity index is 1.59. The van der Waals surface area contributed by atoms with Crippen molar-refractivity contribution in [3.63, 3.8) is 0 Å². The van der Waals surface area contributed by atoms with Gasteiger partial charge in [-0.3, -0.25) is 4.79 Å². The van der Waals surface area contributed by atoms with Crippen LogP contribution in [0.15, 0.2) is 59.0 Å². The first-order chi connectivity index (χ1) is 13.2. The number of rotatable bonds is 7. The highest BCUT2D eigenvalue weighted by Gasteiger charge is 2.08. The second-order valence-corrected chi connectivity index (χ2v) is 6.45. The first kappa shape index (κ1) is 18.6. The number of nitrogens with one attached hydrogen (secondary N) is 1. The van der Waals surface area contributed by atoms with Crippen LogP contribution in [0.1, 0.15) is 11.3 Å². The topological polar surface area (TPSA) is 72.8 Å². The van der Waals surface area contributed by atoms with Crippen molar-refractivity contribution in [1.29, 1.82) is 0 Å². The lowest BCUT2D eigenvalue weighted by atomic mass is 10.2. The Morgan fingerprint density at radius 1 is 1.19 bits per heavy atom. The minimum atomic E-state index is -0.233. The molecule has 7 heteroatoms. The monoisotopic (exact) mass is 381 g/mol. The van der Waals surface area contributed by atoms with Crippen LogP contribution in [0.5, 0.6) is 11.5 Å². The highest BCUT2D eigenvalue weighted by molar-refractivity contribution is 7.13. The molecule has 1 aromatic heterocycles. The van der Waals surface area contributed by atoms with Crippen LogP contribution < -0.4 is 14.9 Å². The predicted molar refractivity (Wildman–Crippen MR) is 107 cm³/mol. The molecule has 27 heavy (non-hydrogen) atoms. The number of carbonyl (C=O) groups is 1. The van der Waals surface area contributed by atoms with E-state index in [4.69, 9.17) is 9.47 Å². The van der Waals surface area contributed by atoms with Crippen LogP contribution >= 0.6 is 11.3 Å². The molecule has 0 saturated carbocycles. The van der Waals surface area contributed by atoms with Gasteiger partial charge in [-0.25, -0.2) is 10.4 Å². The van der Waals surface area contributed by atoms with E-state index in [9.17, 15) is 4.79 Å². The minimum absolute atomic E-state index is 0.167. The van der Waals surface area contributed by atoms with Gasteiger partial charge >= 0.3 is 0 Å². The van der Waals surface area contributed by atoms with Gasteiger partial charge in [-0.15, -0.1) is 11.3 Å². The summed E-state index contributed by atoms with van der Waals surface area (Å²) in [5, 5.41) is 6.78. The summed E-state index contributed by atoms with van der Waals surface area (Å²) in [5.41, 5.74) is 5.01. The van der Waals surface area contributed by atoms with Crippen molar-refractivity contribution < 1.29 is 14.3 Å². The van der Waals surface area contributed by atoms with Crippen molar-refractivity contribution in [1.82, 2.24) is 10.4 Å². The zero-order chi connectivity index (χ0) is 19.1. The van der Waals surface area contributed by atoms with Crippen molar-refractivity contribution in [2.45, 2.75) is 6.42 Å². The van der Waals surface area contributed by atoms with E-state index >= 15 is 0 Å². The fraction of sp³-hybridized carbons (Fsp3) is 0.150. The normalized spacial score (nSPS) is 10.7. The highest BCUT2D eigenvalue weighted by Crippen LogP contribution is 2.24. The highest BCUT2D eigenvalue weighted by atomic mass is 32.1. The Morgan fingerprint density at radius 2 is 2.00 bits per heavy atom. The Labute approximate surface area is 161 Å². The van der Waals surface area contributed by atoms with Crippen molar-refractivity contribution in [2.75, 3.05) is 14.2 Å². The lowest BCUT2D eigenvalue weighted by Crippen LogP contribution is -2.20. The molecule has 1 heterocycles. The molecule has 0 spiro atoms. The lowest BCUT2D eigenvalue weighted by molar-refractivity contribution is -0.120. The van der Waals surface area contributed by atoms with Crippen LogP contribution in [0.3, 0.4) is 0 Å². The Hall–Kier alpha value is -3.19. The fourth-order valence-corrected chi connectivity index (χ4v) is 3.23. The van der Waals surface area contributed by atoms with E-state index in [1.165, 1.54) is 17.6 Å². The van der Waals surface area contributed by atoms with E-state index in [0.29, 0.717) is 17.2 Å². The molecular weight excluding hydrogens is 362 g/mol. The summed E-state index contributed by atoms with van der Waals surface area (Å²) in [7, 11) is 3.15. The number of hydrogen-bond donors (Lipinski definition) is 1. The maximum Gasteiger partial charge on any atom is 0.246 e. The molecule has 0 bridgehead atoms. The Bertz CT molecular complexity index is 939. The molecule has 3 rings (SSSR count). The molecule has 138 valence electrons. The number of hydrogen-bond acceptors (Lipinski definition) is 6. The molecule has 0 radical (unpaired) electrons. The van der Waals surface area contributed by atoms with Gasteiger partial charge < -0.3 is 9.47 Å². The van der Waals surface area contributed by atoms with Crippen molar-refractivity contribution >= 4 is 23.5 Å². The predicted octanol–water partition coefficient (Wildman–Crippen LogP) is 3.52. The molecule has 0 aliphatic carbocycles. The lowest BCUT2D eigenvalue weighted by Gasteiger charge is -2.06. The molecule has 3 aromatic rings. The first-order valence-electron chi connectivity index (χ1n) is 8.23. The number of nitrogens with zero attached hydrogens (tertiary/aromatic N) is 2. The van der Waals surface area contributed by atoms with Gasteiger partial charge in [0, 0.05) is 22.6 Å². The third-order valence-electron chi connectivity index (χ3n) is 3.75. The van der Waals surface area contributed by atoms with Crippen LogP contribution in [0.2, 0.25) is 0 Å². The molecule has 6 nitrogen and oxygen atoms in total. The summed E-state index contributed by atoms with van der Waals surface area (Å²) in [6.07, 6.45) is 1.70. The smallest absolute Gasteiger partial charge is 0.246 e. The molecule has 0 atom stereocenters. The van der Waals surface area contributed by atoms with Crippen LogP contribution in [0.4, 0.5) is 0 Å². The number of amides is 1. The van der Waals surface area contributed by atoms with E-state index in [0.717, 1.165) is 16.1 Å². The van der Waals surface area contributed by atoms with E-state index in [1.54, 1.807) is 32.4 Å².